The summed E-state index contributed by atoms with van der Waals surface area (Å²) in [5, 5.41) is 2.77. The number of likely N-dealkylation sites (tertiary alicyclic amines) is 1. The average Bonchev–Trinajstić information content (AvgIpc) is 3.15. The molecular weight excluding hydrogens is 452 g/mol. The van der Waals surface area contributed by atoms with E-state index in [4.69, 9.17) is 0 Å². The molecule has 1 N–H and O–H groups in total. The van der Waals surface area contributed by atoms with Crippen LogP contribution in [0.5, 0.6) is 0 Å². The topological polar surface area (TPSA) is 66.5 Å². The molecule has 5 nitrogen and oxygen atoms in total. The summed E-state index contributed by atoms with van der Waals surface area (Å²) >= 11 is 7.32. The number of halogens is 2. The third kappa shape index (κ3) is 2.67. The van der Waals surface area contributed by atoms with Crippen molar-refractivity contribution in [1.82, 2.24) is 4.90 Å². The number of hydrogen-bond acceptors (Lipinski definition) is 3. The number of carbonyl (C=O) groups is 3. The Morgan fingerprint density at radius 2 is 1.76 bits per heavy atom. The van der Waals surface area contributed by atoms with Crippen LogP contribution in [0.3, 0.4) is 0 Å². The Morgan fingerprint density at radius 3 is 2.32 bits per heavy atom. The maximum absolute atomic E-state index is 12.8. The molecule has 0 aromatic heterocycles. The van der Waals surface area contributed by atoms with Crippen molar-refractivity contribution >= 4 is 55.3 Å². The minimum Gasteiger partial charge on any atom is -0.325 e. The van der Waals surface area contributed by atoms with Crippen LogP contribution in [-0.2, 0) is 14.4 Å². The molecule has 1 aromatic carbocycles. The van der Waals surface area contributed by atoms with Gasteiger partial charge in [-0.15, -0.1) is 0 Å². The van der Waals surface area contributed by atoms with Crippen molar-refractivity contribution in [3.05, 3.63) is 29.8 Å². The van der Waals surface area contributed by atoms with E-state index in [1.54, 1.807) is 6.07 Å². The Kier molecular flexibility index (Phi) is 4.27. The summed E-state index contributed by atoms with van der Waals surface area (Å²) in [5.74, 6) is -0.937. The third-order valence-corrected chi connectivity index (χ3v) is 8.89. The van der Waals surface area contributed by atoms with E-state index in [-0.39, 0.29) is 57.6 Å². The summed E-state index contributed by atoms with van der Waals surface area (Å²) in [6.07, 6.45) is 0.891. The fourth-order valence-electron chi connectivity index (χ4n) is 4.63. The molecule has 3 aliphatic rings. The van der Waals surface area contributed by atoms with Crippen LogP contribution in [0, 0.1) is 30.6 Å². The van der Waals surface area contributed by atoms with Crippen LogP contribution in [0.1, 0.15) is 12.0 Å². The fraction of sp³-hybridized carbons (Fsp3) is 0.500. The number of nitrogens with zero attached hydrogens (tertiary/aromatic N) is 1. The number of alkyl halides is 2. The molecule has 3 fully saturated rings. The molecule has 7 heteroatoms. The van der Waals surface area contributed by atoms with Gasteiger partial charge in [0.05, 0.1) is 11.8 Å². The number of carbonyl (C=O) groups excluding carboxylic acids is 3. The molecule has 1 heterocycles. The third-order valence-electron chi connectivity index (χ3n) is 5.68. The van der Waals surface area contributed by atoms with Crippen LogP contribution < -0.4 is 5.32 Å². The first-order valence-corrected chi connectivity index (χ1v) is 10.2. The molecule has 0 spiro atoms. The van der Waals surface area contributed by atoms with Crippen LogP contribution in [0.4, 0.5) is 5.69 Å². The Bertz CT molecular complexity index is 736. The maximum Gasteiger partial charge on any atom is 0.244 e. The molecule has 2 bridgehead atoms. The Morgan fingerprint density at radius 1 is 1.16 bits per heavy atom. The van der Waals surface area contributed by atoms with E-state index in [9.17, 15) is 14.4 Å². The molecule has 0 radical (unpaired) electrons. The lowest BCUT2D eigenvalue weighted by Gasteiger charge is -2.28. The second-order valence-corrected chi connectivity index (χ2v) is 9.30. The average molecular weight is 470 g/mol. The molecule has 1 aromatic rings. The van der Waals surface area contributed by atoms with Crippen molar-refractivity contribution in [3.8, 4) is 0 Å². The lowest BCUT2D eigenvalue weighted by atomic mass is 9.81. The number of hydrogen-bond donors (Lipinski definition) is 1. The molecular formula is C18H18Br2N2O3. The summed E-state index contributed by atoms with van der Waals surface area (Å²) in [4.78, 5) is 39.4. The monoisotopic (exact) mass is 468 g/mol. The number of aryl methyl sites for hydroxylation is 1. The zero-order chi connectivity index (χ0) is 17.9. The van der Waals surface area contributed by atoms with E-state index in [1.807, 2.05) is 25.1 Å². The molecule has 2 aliphatic carbocycles. The van der Waals surface area contributed by atoms with Crippen molar-refractivity contribution in [2.75, 3.05) is 11.9 Å². The molecule has 25 heavy (non-hydrogen) atoms. The van der Waals surface area contributed by atoms with Gasteiger partial charge in [0, 0.05) is 15.3 Å². The summed E-state index contributed by atoms with van der Waals surface area (Å²) in [6.45, 7) is 1.73. The summed E-state index contributed by atoms with van der Waals surface area (Å²) in [6, 6.07) is 7.43. The van der Waals surface area contributed by atoms with Crippen molar-refractivity contribution in [2.24, 2.45) is 23.7 Å². The normalized spacial score (nSPS) is 36.0. The van der Waals surface area contributed by atoms with Crippen molar-refractivity contribution in [2.45, 2.75) is 23.0 Å². The molecule has 1 saturated heterocycles. The standard InChI is InChI=1S/C18H18Br2N2O3/c1-8-3-2-4-9(5-8)21-12(23)7-22-17(24)13-10-6-11(14(13)18(22)25)16(20)15(10)19/h2-5,10-11,13-16H,6-7H2,1H3,(H,21,23)/t10-,11-,13-,14+,15+,16+/m1/s1. The number of rotatable bonds is 3. The predicted molar refractivity (Wildman–Crippen MR) is 101 cm³/mol. The smallest absolute Gasteiger partial charge is 0.244 e. The first kappa shape index (κ1) is 17.2. The highest BCUT2D eigenvalue weighted by atomic mass is 79.9. The number of fused-ring (bicyclic) bond motifs is 5. The van der Waals surface area contributed by atoms with Crippen LogP contribution in [-0.4, -0.2) is 38.8 Å². The van der Waals surface area contributed by atoms with Crippen LogP contribution >= 0.6 is 31.9 Å². The number of nitrogens with one attached hydrogen (secondary N) is 1. The molecule has 0 unspecified atom stereocenters. The van der Waals surface area contributed by atoms with Crippen molar-refractivity contribution < 1.29 is 14.4 Å². The van der Waals surface area contributed by atoms with E-state index in [2.05, 4.69) is 37.2 Å². The van der Waals surface area contributed by atoms with Gasteiger partial charge in [0.2, 0.25) is 17.7 Å². The zero-order valence-corrected chi connectivity index (χ0v) is 16.8. The van der Waals surface area contributed by atoms with Crippen LogP contribution in [0.15, 0.2) is 24.3 Å². The molecule has 3 amide bonds. The quantitative estimate of drug-likeness (QED) is 0.546. The van der Waals surface area contributed by atoms with Gasteiger partial charge in [-0.2, -0.15) is 0 Å². The van der Waals surface area contributed by atoms with Crippen molar-refractivity contribution in [3.63, 3.8) is 0 Å². The van der Waals surface area contributed by atoms with Gasteiger partial charge >= 0.3 is 0 Å². The molecule has 2 saturated carbocycles. The number of anilines is 1. The Hall–Kier alpha value is -1.21. The van der Waals surface area contributed by atoms with E-state index in [0.29, 0.717) is 5.69 Å². The maximum atomic E-state index is 12.8. The van der Waals surface area contributed by atoms with Gasteiger partial charge in [-0.25, -0.2) is 0 Å². The lowest BCUT2D eigenvalue weighted by molar-refractivity contribution is -0.143. The fourth-order valence-corrected chi connectivity index (χ4v) is 6.51. The minimum atomic E-state index is -0.342. The van der Waals surface area contributed by atoms with Gasteiger partial charge in [-0.3, -0.25) is 19.3 Å². The minimum absolute atomic E-state index is 0.167. The highest BCUT2D eigenvalue weighted by Crippen LogP contribution is 2.60. The zero-order valence-electron chi connectivity index (χ0n) is 13.6. The summed E-state index contributed by atoms with van der Waals surface area (Å²) < 4.78 is 0. The van der Waals surface area contributed by atoms with Gasteiger partial charge in [0.25, 0.3) is 0 Å². The Balaban J connectivity index is 1.48. The molecule has 1 aliphatic heterocycles. The second-order valence-electron chi connectivity index (χ2n) is 7.18. The van der Waals surface area contributed by atoms with Crippen LogP contribution in [0.25, 0.3) is 0 Å². The van der Waals surface area contributed by atoms with Gasteiger partial charge in [0.1, 0.15) is 6.54 Å². The SMILES string of the molecule is Cc1cccc(NC(=O)CN2C(=O)[C@@H]3[C@H]4C[C@@H]([C@H](Br)[C@H]4Br)[C@@H]3C2=O)c1. The number of imide groups is 1. The number of benzene rings is 1. The summed E-state index contributed by atoms with van der Waals surface area (Å²) in [5.41, 5.74) is 1.70. The van der Waals surface area contributed by atoms with E-state index in [1.165, 1.54) is 0 Å². The largest absolute Gasteiger partial charge is 0.325 e. The van der Waals surface area contributed by atoms with Gasteiger partial charge < -0.3 is 5.32 Å². The molecule has 132 valence electrons. The van der Waals surface area contributed by atoms with Gasteiger partial charge in [-0.05, 0) is 42.9 Å². The first-order chi connectivity index (χ1) is 11.9. The van der Waals surface area contributed by atoms with E-state index >= 15 is 0 Å². The lowest BCUT2D eigenvalue weighted by Crippen LogP contribution is -2.39. The van der Waals surface area contributed by atoms with Gasteiger partial charge in [0.15, 0.2) is 0 Å². The van der Waals surface area contributed by atoms with Crippen molar-refractivity contribution in [1.29, 1.82) is 0 Å². The second kappa shape index (κ2) is 6.20. The van der Waals surface area contributed by atoms with E-state index < -0.39 is 0 Å². The Labute approximate surface area is 162 Å². The van der Waals surface area contributed by atoms with Crippen LogP contribution in [0.2, 0.25) is 0 Å². The van der Waals surface area contributed by atoms with E-state index in [0.717, 1.165) is 16.9 Å². The first-order valence-electron chi connectivity index (χ1n) is 8.38. The van der Waals surface area contributed by atoms with Gasteiger partial charge in [-0.1, -0.05) is 44.0 Å². The number of amides is 3. The summed E-state index contributed by atoms with van der Waals surface area (Å²) in [7, 11) is 0. The molecule has 6 atom stereocenters. The highest BCUT2D eigenvalue weighted by Gasteiger charge is 2.66. The highest BCUT2D eigenvalue weighted by molar-refractivity contribution is 9.12. The predicted octanol–water partition coefficient (Wildman–Crippen LogP) is 2.71. The molecule has 4 rings (SSSR count).